The van der Waals surface area contributed by atoms with Crippen molar-refractivity contribution in [3.63, 3.8) is 0 Å². The van der Waals surface area contributed by atoms with E-state index in [-0.39, 0.29) is 0 Å². The van der Waals surface area contributed by atoms with E-state index in [0.717, 1.165) is 6.61 Å². The summed E-state index contributed by atoms with van der Waals surface area (Å²) in [7, 11) is 3.98. The topological polar surface area (TPSA) is 15.7 Å². The number of hydrogen-bond donors (Lipinski definition) is 0. The summed E-state index contributed by atoms with van der Waals surface area (Å²) in [5.74, 6) is 0. The van der Waals surface area contributed by atoms with E-state index in [9.17, 15) is 0 Å². The number of ether oxygens (including phenoxy) is 1. The summed E-state index contributed by atoms with van der Waals surface area (Å²) >= 11 is 0. The number of hydrogen-bond acceptors (Lipinski definition) is 3. The molecular weight excluding hydrogens is 164 g/mol. The van der Waals surface area contributed by atoms with Crippen molar-refractivity contribution in [1.29, 1.82) is 0 Å². The van der Waals surface area contributed by atoms with Crippen molar-refractivity contribution in [3.8, 4) is 0 Å². The Morgan fingerprint density at radius 1 is 1.15 bits per heavy atom. The Hall–Kier alpha value is -0.120. The van der Waals surface area contributed by atoms with Crippen LogP contribution >= 0.6 is 0 Å². The van der Waals surface area contributed by atoms with E-state index in [2.05, 4.69) is 16.8 Å². The van der Waals surface area contributed by atoms with E-state index in [1.807, 2.05) is 0 Å². The molecule has 1 aliphatic heterocycles. The monoisotopic (exact) mass is 186 g/mol. The number of nitrogens with zero attached hydrogens (tertiary/aromatic N) is 2. The summed E-state index contributed by atoms with van der Waals surface area (Å²) in [5, 5.41) is 0. The molecule has 0 aromatic rings. The van der Waals surface area contributed by atoms with Gasteiger partial charge in [0, 0.05) is 33.4 Å². The van der Waals surface area contributed by atoms with Crippen molar-refractivity contribution in [2.45, 2.75) is 12.8 Å². The van der Waals surface area contributed by atoms with Gasteiger partial charge in [-0.15, -0.1) is 0 Å². The zero-order valence-electron chi connectivity index (χ0n) is 8.96. The summed E-state index contributed by atoms with van der Waals surface area (Å²) in [6.07, 6.45) is 2.48. The minimum atomic E-state index is 0.895. The molecule has 13 heavy (non-hydrogen) atoms. The van der Waals surface area contributed by atoms with Crippen LogP contribution in [0.2, 0.25) is 0 Å². The Kier molecular flexibility index (Phi) is 5.35. The minimum absolute atomic E-state index is 0.895. The van der Waals surface area contributed by atoms with Crippen LogP contribution < -0.4 is 0 Å². The van der Waals surface area contributed by atoms with E-state index < -0.39 is 0 Å². The summed E-state index contributed by atoms with van der Waals surface area (Å²) in [5.41, 5.74) is 0. The molecule has 0 aromatic heterocycles. The van der Waals surface area contributed by atoms with Gasteiger partial charge in [0.1, 0.15) is 0 Å². The molecule has 1 saturated heterocycles. The fraction of sp³-hybridized carbons (Fsp3) is 1.00. The first-order valence-electron chi connectivity index (χ1n) is 5.23. The lowest BCUT2D eigenvalue weighted by Gasteiger charge is -2.19. The van der Waals surface area contributed by atoms with Gasteiger partial charge < -0.3 is 14.5 Å². The molecule has 0 radical (unpaired) electrons. The van der Waals surface area contributed by atoms with Gasteiger partial charge in [-0.3, -0.25) is 0 Å². The molecule has 78 valence electrons. The second-order valence-electron chi connectivity index (χ2n) is 3.84. The summed E-state index contributed by atoms with van der Waals surface area (Å²) in [6.45, 7) is 7.04. The zero-order chi connectivity index (χ0) is 9.52. The van der Waals surface area contributed by atoms with Gasteiger partial charge in [-0.25, -0.2) is 0 Å². The van der Waals surface area contributed by atoms with Gasteiger partial charge >= 0.3 is 0 Å². The maximum Gasteiger partial charge on any atom is 0.0474 e. The van der Waals surface area contributed by atoms with Gasteiger partial charge in [-0.1, -0.05) is 0 Å². The van der Waals surface area contributed by atoms with Gasteiger partial charge in [-0.2, -0.15) is 0 Å². The number of likely N-dealkylation sites (N-methyl/N-ethyl adjacent to an activating group) is 1. The highest BCUT2D eigenvalue weighted by molar-refractivity contribution is 4.66. The summed E-state index contributed by atoms with van der Waals surface area (Å²) < 4.78 is 5.05. The first kappa shape index (κ1) is 11.0. The highest BCUT2D eigenvalue weighted by Gasteiger charge is 2.10. The molecule has 3 nitrogen and oxygen atoms in total. The van der Waals surface area contributed by atoms with Crippen LogP contribution in [0.4, 0.5) is 0 Å². The van der Waals surface area contributed by atoms with Gasteiger partial charge in [0.25, 0.3) is 0 Å². The molecule has 1 heterocycles. The van der Waals surface area contributed by atoms with Crippen molar-refractivity contribution in [2.24, 2.45) is 0 Å². The van der Waals surface area contributed by atoms with E-state index in [1.54, 1.807) is 7.11 Å². The van der Waals surface area contributed by atoms with Crippen LogP contribution in [0.15, 0.2) is 0 Å². The first-order chi connectivity index (χ1) is 6.33. The normalized spacial score (nSPS) is 21.7. The highest BCUT2D eigenvalue weighted by Crippen LogP contribution is 2.01. The molecular formula is C10H22N2O. The second-order valence-corrected chi connectivity index (χ2v) is 3.84. The minimum Gasteiger partial charge on any atom is -0.385 e. The van der Waals surface area contributed by atoms with Gasteiger partial charge in [0.2, 0.25) is 0 Å². The lowest BCUT2D eigenvalue weighted by atomic mass is 10.3. The number of methoxy groups -OCH3 is 1. The molecule has 0 aromatic carbocycles. The van der Waals surface area contributed by atoms with Crippen molar-refractivity contribution in [3.05, 3.63) is 0 Å². The SMILES string of the molecule is COCCCN1CCCN(C)CC1. The molecule has 1 rings (SSSR count). The Balaban J connectivity index is 2.11. The molecule has 0 unspecified atom stereocenters. The predicted octanol–water partition coefficient (Wildman–Crippen LogP) is 0.660. The Bertz CT molecular complexity index is 130. The van der Waals surface area contributed by atoms with Crippen molar-refractivity contribution in [1.82, 2.24) is 9.80 Å². The van der Waals surface area contributed by atoms with Crippen LogP contribution in [0.3, 0.4) is 0 Å². The maximum atomic E-state index is 5.05. The average Bonchev–Trinajstić information content (AvgIpc) is 2.32. The lowest BCUT2D eigenvalue weighted by Crippen LogP contribution is -2.30. The van der Waals surface area contributed by atoms with Crippen LogP contribution in [0.1, 0.15) is 12.8 Å². The van der Waals surface area contributed by atoms with Gasteiger partial charge in [0.05, 0.1) is 0 Å². The number of rotatable bonds is 4. The smallest absolute Gasteiger partial charge is 0.0474 e. The molecule has 3 heteroatoms. The maximum absolute atomic E-state index is 5.05. The third kappa shape index (κ3) is 4.60. The highest BCUT2D eigenvalue weighted by atomic mass is 16.5. The molecule has 0 saturated carbocycles. The van der Waals surface area contributed by atoms with Crippen LogP contribution in [0.5, 0.6) is 0 Å². The first-order valence-corrected chi connectivity index (χ1v) is 5.23. The Morgan fingerprint density at radius 2 is 2.00 bits per heavy atom. The molecule has 0 aliphatic carbocycles. The molecule has 0 spiro atoms. The fourth-order valence-corrected chi connectivity index (χ4v) is 1.76. The molecule has 1 aliphatic rings. The van der Waals surface area contributed by atoms with Crippen LogP contribution in [-0.4, -0.2) is 63.3 Å². The largest absolute Gasteiger partial charge is 0.385 e. The predicted molar refractivity (Wildman–Crippen MR) is 55.0 cm³/mol. The molecule has 0 N–H and O–H groups in total. The fourth-order valence-electron chi connectivity index (χ4n) is 1.76. The van der Waals surface area contributed by atoms with Crippen LogP contribution in [-0.2, 0) is 4.74 Å². The van der Waals surface area contributed by atoms with E-state index in [1.165, 1.54) is 45.6 Å². The van der Waals surface area contributed by atoms with E-state index >= 15 is 0 Å². The second kappa shape index (κ2) is 6.35. The van der Waals surface area contributed by atoms with Crippen molar-refractivity contribution in [2.75, 3.05) is 53.5 Å². The lowest BCUT2D eigenvalue weighted by molar-refractivity contribution is 0.173. The molecule has 0 atom stereocenters. The standard InChI is InChI=1S/C10H22N2O/c1-11-5-3-6-12(9-8-11)7-4-10-13-2/h3-10H2,1-2H3. The Morgan fingerprint density at radius 3 is 2.77 bits per heavy atom. The zero-order valence-corrected chi connectivity index (χ0v) is 8.96. The third-order valence-corrected chi connectivity index (χ3v) is 2.63. The van der Waals surface area contributed by atoms with E-state index in [0.29, 0.717) is 0 Å². The van der Waals surface area contributed by atoms with Crippen LogP contribution in [0, 0.1) is 0 Å². The average molecular weight is 186 g/mol. The van der Waals surface area contributed by atoms with E-state index in [4.69, 9.17) is 4.74 Å². The Labute approximate surface area is 81.7 Å². The van der Waals surface area contributed by atoms with Crippen molar-refractivity contribution < 1.29 is 4.74 Å². The molecule has 0 amide bonds. The summed E-state index contributed by atoms with van der Waals surface area (Å²) in [4.78, 5) is 4.96. The third-order valence-electron chi connectivity index (χ3n) is 2.63. The molecule has 1 fully saturated rings. The summed E-state index contributed by atoms with van der Waals surface area (Å²) in [6, 6.07) is 0. The molecule has 0 bridgehead atoms. The van der Waals surface area contributed by atoms with Crippen LogP contribution in [0.25, 0.3) is 0 Å². The van der Waals surface area contributed by atoms with Gasteiger partial charge in [0.15, 0.2) is 0 Å². The van der Waals surface area contributed by atoms with Crippen molar-refractivity contribution >= 4 is 0 Å². The quantitative estimate of drug-likeness (QED) is 0.600. The van der Waals surface area contributed by atoms with Gasteiger partial charge in [-0.05, 0) is 33.0 Å².